The van der Waals surface area contributed by atoms with Gasteiger partial charge in [-0.1, -0.05) is 52.3 Å². The zero-order chi connectivity index (χ0) is 12.8. The molecule has 19 heavy (non-hydrogen) atoms. The molecule has 0 unspecified atom stereocenters. The van der Waals surface area contributed by atoms with Crippen LogP contribution in [-0.4, -0.2) is 7.05 Å². The van der Waals surface area contributed by atoms with Gasteiger partial charge in [-0.15, -0.1) is 12.4 Å². The zero-order valence-corrected chi connectivity index (χ0v) is 13.4. The average Bonchev–Trinajstić information content (AvgIpc) is 2.40. The molecule has 0 radical (unpaired) electrons. The van der Waals surface area contributed by atoms with E-state index >= 15 is 0 Å². The van der Waals surface area contributed by atoms with Gasteiger partial charge in [0.1, 0.15) is 0 Å². The second kappa shape index (κ2) is 8.36. The lowest BCUT2D eigenvalue weighted by molar-refractivity contribution is 0.798. The van der Waals surface area contributed by atoms with E-state index in [1.165, 1.54) is 16.7 Å². The van der Waals surface area contributed by atoms with Crippen molar-refractivity contribution < 1.29 is 0 Å². The first-order valence-electron chi connectivity index (χ1n) is 6.25. The monoisotopic (exact) mass is 339 g/mol. The summed E-state index contributed by atoms with van der Waals surface area (Å²) in [6, 6.07) is 17.2. The fourth-order valence-corrected chi connectivity index (χ4v) is 2.36. The second-order valence-corrected chi connectivity index (χ2v) is 5.34. The van der Waals surface area contributed by atoms with Crippen LogP contribution in [0.5, 0.6) is 0 Å². The highest BCUT2D eigenvalue weighted by Gasteiger charge is 2.01. The summed E-state index contributed by atoms with van der Waals surface area (Å²) in [7, 11) is 1.99. The molecule has 2 aromatic carbocycles. The molecule has 0 fully saturated rings. The molecule has 0 aliphatic heterocycles. The number of hydrogen-bond acceptors (Lipinski definition) is 1. The van der Waals surface area contributed by atoms with Crippen LogP contribution in [0, 0.1) is 0 Å². The fourth-order valence-electron chi connectivity index (χ4n) is 2.09. The van der Waals surface area contributed by atoms with E-state index < -0.39 is 0 Å². The first-order valence-corrected chi connectivity index (χ1v) is 7.04. The van der Waals surface area contributed by atoms with E-state index in [0.29, 0.717) is 0 Å². The highest BCUT2D eigenvalue weighted by molar-refractivity contribution is 9.10. The predicted octanol–water partition coefficient (Wildman–Crippen LogP) is 4.38. The van der Waals surface area contributed by atoms with E-state index in [4.69, 9.17) is 0 Å². The van der Waals surface area contributed by atoms with Gasteiger partial charge in [0.25, 0.3) is 0 Å². The van der Waals surface area contributed by atoms with Crippen LogP contribution in [0.15, 0.2) is 53.0 Å². The van der Waals surface area contributed by atoms with E-state index in [0.717, 1.165) is 23.9 Å². The van der Waals surface area contributed by atoms with Gasteiger partial charge in [-0.05, 0) is 48.7 Å². The molecular formula is C16H19BrClN. The van der Waals surface area contributed by atoms with Crippen LogP contribution in [0.1, 0.15) is 16.7 Å². The minimum absolute atomic E-state index is 0. The molecule has 0 atom stereocenters. The van der Waals surface area contributed by atoms with Crippen LogP contribution in [0.2, 0.25) is 0 Å². The molecule has 0 aromatic heterocycles. The summed E-state index contributed by atoms with van der Waals surface area (Å²) in [6.07, 6.45) is 2.19. The van der Waals surface area contributed by atoms with Crippen LogP contribution in [0.25, 0.3) is 0 Å². The third-order valence-electron chi connectivity index (χ3n) is 3.08. The first kappa shape index (κ1) is 16.2. The molecule has 0 spiro atoms. The molecule has 0 saturated carbocycles. The Balaban J connectivity index is 0.00000180. The number of hydrogen-bond donors (Lipinski definition) is 1. The number of aryl methyl sites for hydroxylation is 2. The van der Waals surface area contributed by atoms with E-state index in [9.17, 15) is 0 Å². The molecule has 1 nitrogen and oxygen atoms in total. The third kappa shape index (κ3) is 4.98. The molecule has 0 bridgehead atoms. The zero-order valence-electron chi connectivity index (χ0n) is 11.0. The van der Waals surface area contributed by atoms with Crippen LogP contribution in [0.4, 0.5) is 0 Å². The third-order valence-corrected chi connectivity index (χ3v) is 3.61. The van der Waals surface area contributed by atoms with Gasteiger partial charge in [-0.3, -0.25) is 0 Å². The summed E-state index contributed by atoms with van der Waals surface area (Å²) in [5.41, 5.74) is 4.23. The Morgan fingerprint density at radius 1 is 0.895 bits per heavy atom. The Bertz CT molecular complexity index is 496. The summed E-state index contributed by atoms with van der Waals surface area (Å²) in [4.78, 5) is 0. The lowest BCUT2D eigenvalue weighted by atomic mass is 10.00. The van der Waals surface area contributed by atoms with Crippen molar-refractivity contribution in [3.05, 3.63) is 69.7 Å². The first-order chi connectivity index (χ1) is 8.79. The van der Waals surface area contributed by atoms with Crippen molar-refractivity contribution >= 4 is 28.3 Å². The van der Waals surface area contributed by atoms with Gasteiger partial charge in [0.05, 0.1) is 0 Å². The smallest absolute Gasteiger partial charge is 0.0205 e. The fraction of sp³-hybridized carbons (Fsp3) is 0.250. The van der Waals surface area contributed by atoms with Gasteiger partial charge in [0, 0.05) is 11.0 Å². The van der Waals surface area contributed by atoms with Gasteiger partial charge in [0.15, 0.2) is 0 Å². The highest BCUT2D eigenvalue weighted by Crippen LogP contribution is 2.15. The molecule has 2 aromatic rings. The van der Waals surface area contributed by atoms with Crippen molar-refractivity contribution in [1.29, 1.82) is 0 Å². The van der Waals surface area contributed by atoms with Crippen molar-refractivity contribution in [1.82, 2.24) is 5.32 Å². The maximum atomic E-state index is 3.47. The van der Waals surface area contributed by atoms with Gasteiger partial charge < -0.3 is 5.32 Å². The van der Waals surface area contributed by atoms with E-state index in [2.05, 4.69) is 69.8 Å². The second-order valence-electron chi connectivity index (χ2n) is 4.43. The largest absolute Gasteiger partial charge is 0.316 e. The molecule has 0 heterocycles. The van der Waals surface area contributed by atoms with Gasteiger partial charge in [-0.2, -0.15) is 0 Å². The highest BCUT2D eigenvalue weighted by atomic mass is 79.9. The lowest BCUT2D eigenvalue weighted by Gasteiger charge is -2.09. The summed E-state index contributed by atoms with van der Waals surface area (Å²) in [6.45, 7) is 0.941. The number of halogens is 2. The molecule has 0 saturated heterocycles. The van der Waals surface area contributed by atoms with Gasteiger partial charge in [-0.25, -0.2) is 0 Å². The lowest BCUT2D eigenvalue weighted by Crippen LogP contribution is -2.08. The number of benzene rings is 2. The Hall–Kier alpha value is -0.830. The summed E-state index contributed by atoms with van der Waals surface area (Å²) >= 11 is 3.47. The van der Waals surface area contributed by atoms with Crippen molar-refractivity contribution in [2.24, 2.45) is 0 Å². The van der Waals surface area contributed by atoms with E-state index in [1.54, 1.807) is 0 Å². The van der Waals surface area contributed by atoms with Crippen molar-refractivity contribution in [2.75, 3.05) is 7.05 Å². The summed E-state index contributed by atoms with van der Waals surface area (Å²) in [5, 5.41) is 3.22. The minimum Gasteiger partial charge on any atom is -0.316 e. The van der Waals surface area contributed by atoms with Crippen LogP contribution in [0.3, 0.4) is 0 Å². The average molecular weight is 341 g/mol. The molecule has 1 N–H and O–H groups in total. The normalized spacial score (nSPS) is 10.0. The summed E-state index contributed by atoms with van der Waals surface area (Å²) < 4.78 is 1.14. The van der Waals surface area contributed by atoms with Crippen molar-refractivity contribution in [2.45, 2.75) is 19.4 Å². The number of rotatable bonds is 5. The van der Waals surface area contributed by atoms with Crippen molar-refractivity contribution in [3.8, 4) is 0 Å². The predicted molar refractivity (Wildman–Crippen MR) is 88.0 cm³/mol. The van der Waals surface area contributed by atoms with Gasteiger partial charge in [0.2, 0.25) is 0 Å². The Morgan fingerprint density at radius 2 is 1.53 bits per heavy atom. The van der Waals surface area contributed by atoms with Gasteiger partial charge >= 0.3 is 0 Å². The number of nitrogens with one attached hydrogen (secondary N) is 1. The van der Waals surface area contributed by atoms with Crippen LogP contribution >= 0.6 is 28.3 Å². The molecular weight excluding hydrogens is 322 g/mol. The summed E-state index contributed by atoms with van der Waals surface area (Å²) in [5.74, 6) is 0. The van der Waals surface area contributed by atoms with Crippen LogP contribution < -0.4 is 5.32 Å². The van der Waals surface area contributed by atoms with E-state index in [-0.39, 0.29) is 12.4 Å². The van der Waals surface area contributed by atoms with Crippen LogP contribution in [-0.2, 0) is 19.4 Å². The Morgan fingerprint density at radius 3 is 2.16 bits per heavy atom. The molecule has 3 heteroatoms. The Labute approximate surface area is 130 Å². The maximum Gasteiger partial charge on any atom is 0.0205 e. The maximum absolute atomic E-state index is 3.47. The topological polar surface area (TPSA) is 12.0 Å². The molecule has 0 amide bonds. The minimum atomic E-state index is 0. The molecule has 0 aliphatic rings. The SMILES string of the molecule is CNCc1ccccc1CCc1ccc(Br)cc1.Cl. The van der Waals surface area contributed by atoms with E-state index in [1.807, 2.05) is 7.05 Å². The molecule has 102 valence electrons. The molecule has 2 rings (SSSR count). The Kier molecular flexibility index (Phi) is 7.14. The standard InChI is InChI=1S/C16H18BrN.ClH/c1-18-12-15-5-3-2-4-14(15)9-6-13-7-10-16(17)11-8-13;/h2-5,7-8,10-11,18H,6,9,12H2,1H3;1H. The molecule has 0 aliphatic carbocycles. The quantitative estimate of drug-likeness (QED) is 0.852. The van der Waals surface area contributed by atoms with Crippen molar-refractivity contribution in [3.63, 3.8) is 0 Å².